The molecule has 0 unspecified atom stereocenters. The van der Waals surface area contributed by atoms with Gasteiger partial charge in [-0.3, -0.25) is 9.59 Å². The Morgan fingerprint density at radius 3 is 2.54 bits per heavy atom. The average molecular weight is 344 g/mol. The van der Waals surface area contributed by atoms with Gasteiger partial charge in [0.05, 0.1) is 17.0 Å². The number of carbonyl (C=O) groups excluding carboxylic acids is 2. The third-order valence-electron chi connectivity index (χ3n) is 4.29. The van der Waals surface area contributed by atoms with Crippen LogP contribution in [0.4, 0.5) is 0 Å². The molecule has 0 spiro atoms. The molecule has 0 N–H and O–H groups in total. The van der Waals surface area contributed by atoms with Crippen molar-refractivity contribution in [3.8, 4) is 5.75 Å². The van der Waals surface area contributed by atoms with Gasteiger partial charge in [0.2, 0.25) is 5.91 Å². The van der Waals surface area contributed by atoms with Gasteiger partial charge in [-0.05, 0) is 24.6 Å². The second-order valence-electron chi connectivity index (χ2n) is 5.89. The van der Waals surface area contributed by atoms with Gasteiger partial charge in [-0.15, -0.1) is 0 Å². The molecular formula is C19H18ClNO3. The van der Waals surface area contributed by atoms with E-state index in [0.29, 0.717) is 17.3 Å². The first-order chi connectivity index (χ1) is 11.6. The zero-order chi connectivity index (χ0) is 17.1. The summed E-state index contributed by atoms with van der Waals surface area (Å²) < 4.78 is 5.36. The molecule has 0 aliphatic carbocycles. The normalized spacial score (nSPS) is 18.5. The lowest BCUT2D eigenvalue weighted by atomic mass is 10.1. The lowest BCUT2D eigenvalue weighted by Crippen LogP contribution is -2.30. The Morgan fingerprint density at radius 1 is 1.17 bits per heavy atom. The van der Waals surface area contributed by atoms with Gasteiger partial charge >= 0.3 is 5.97 Å². The summed E-state index contributed by atoms with van der Waals surface area (Å²) in [5, 5.41) is 0.379. The van der Waals surface area contributed by atoms with Crippen LogP contribution in [-0.2, 0) is 9.59 Å². The minimum absolute atomic E-state index is 0.0348. The van der Waals surface area contributed by atoms with E-state index in [4.69, 9.17) is 16.3 Å². The summed E-state index contributed by atoms with van der Waals surface area (Å²) in [6.07, 6.45) is 0.167. The summed E-state index contributed by atoms with van der Waals surface area (Å²) in [5.41, 5.74) is 1.05. The Balaban J connectivity index is 1.68. The van der Waals surface area contributed by atoms with Crippen LogP contribution < -0.4 is 4.74 Å². The number of hydrogen-bond acceptors (Lipinski definition) is 3. The number of rotatable bonds is 4. The first kappa shape index (κ1) is 16.5. The molecule has 1 amide bonds. The molecule has 124 valence electrons. The Kier molecular flexibility index (Phi) is 4.86. The molecule has 24 heavy (non-hydrogen) atoms. The van der Waals surface area contributed by atoms with E-state index in [2.05, 4.69) is 0 Å². The van der Waals surface area contributed by atoms with Crippen molar-refractivity contribution in [2.24, 2.45) is 5.92 Å². The SMILES string of the molecule is C[C@H](c1ccccc1)N1C[C@H](C(=O)Oc2ccccc2Cl)CC1=O. The number of likely N-dealkylation sites (tertiary alicyclic amines) is 1. The second kappa shape index (κ2) is 7.05. The van der Waals surface area contributed by atoms with Gasteiger partial charge in [-0.2, -0.15) is 0 Å². The van der Waals surface area contributed by atoms with Crippen LogP contribution in [0, 0.1) is 5.92 Å². The highest BCUT2D eigenvalue weighted by Crippen LogP contribution is 2.30. The van der Waals surface area contributed by atoms with Crippen LogP contribution in [0.15, 0.2) is 54.6 Å². The fraction of sp³-hybridized carbons (Fsp3) is 0.263. The maximum atomic E-state index is 12.4. The molecule has 0 saturated carbocycles. The second-order valence-corrected chi connectivity index (χ2v) is 6.29. The van der Waals surface area contributed by atoms with Crippen molar-refractivity contribution in [3.63, 3.8) is 0 Å². The van der Waals surface area contributed by atoms with Crippen LogP contribution >= 0.6 is 11.6 Å². The summed E-state index contributed by atoms with van der Waals surface area (Å²) in [7, 11) is 0. The molecule has 0 radical (unpaired) electrons. The van der Waals surface area contributed by atoms with Crippen molar-refractivity contribution < 1.29 is 14.3 Å². The van der Waals surface area contributed by atoms with E-state index in [0.717, 1.165) is 5.56 Å². The fourth-order valence-corrected chi connectivity index (χ4v) is 3.07. The van der Waals surface area contributed by atoms with E-state index in [1.165, 1.54) is 0 Å². The molecule has 1 aliphatic heterocycles. The number of esters is 1. The summed E-state index contributed by atoms with van der Waals surface area (Å²) in [6, 6.07) is 16.5. The number of ether oxygens (including phenoxy) is 1. The molecule has 2 aromatic rings. The third kappa shape index (κ3) is 3.44. The molecule has 2 aromatic carbocycles. The molecule has 1 fully saturated rings. The van der Waals surface area contributed by atoms with Crippen molar-refractivity contribution in [1.29, 1.82) is 0 Å². The van der Waals surface area contributed by atoms with E-state index in [1.54, 1.807) is 29.2 Å². The topological polar surface area (TPSA) is 46.6 Å². The zero-order valence-corrected chi connectivity index (χ0v) is 14.1. The van der Waals surface area contributed by atoms with Crippen LogP contribution in [0.2, 0.25) is 5.02 Å². The number of benzene rings is 2. The van der Waals surface area contributed by atoms with E-state index in [9.17, 15) is 9.59 Å². The smallest absolute Gasteiger partial charge is 0.316 e. The minimum Gasteiger partial charge on any atom is -0.425 e. The fourth-order valence-electron chi connectivity index (χ4n) is 2.89. The number of hydrogen-bond donors (Lipinski definition) is 0. The summed E-state index contributed by atoms with van der Waals surface area (Å²) >= 11 is 6.01. The van der Waals surface area contributed by atoms with E-state index < -0.39 is 11.9 Å². The summed E-state index contributed by atoms with van der Waals surface area (Å²) in [5.74, 6) is -0.599. The van der Waals surface area contributed by atoms with Crippen molar-refractivity contribution >= 4 is 23.5 Å². The first-order valence-electron chi connectivity index (χ1n) is 7.87. The number of para-hydroxylation sites is 1. The van der Waals surface area contributed by atoms with E-state index in [-0.39, 0.29) is 18.4 Å². The van der Waals surface area contributed by atoms with Crippen LogP contribution in [0.1, 0.15) is 24.9 Å². The van der Waals surface area contributed by atoms with Crippen LogP contribution in [0.25, 0.3) is 0 Å². The summed E-state index contributed by atoms with van der Waals surface area (Å²) in [4.78, 5) is 26.4. The lowest BCUT2D eigenvalue weighted by Gasteiger charge is -2.25. The van der Waals surface area contributed by atoms with Gasteiger partial charge in [-0.25, -0.2) is 0 Å². The standard InChI is InChI=1S/C19H18ClNO3/c1-13(14-7-3-2-4-8-14)21-12-15(11-18(21)22)19(23)24-17-10-6-5-9-16(17)20/h2-10,13,15H,11-12H2,1H3/t13-,15-/m1/s1. The molecule has 4 nitrogen and oxygen atoms in total. The predicted molar refractivity (Wildman–Crippen MR) is 91.8 cm³/mol. The number of halogens is 1. The Labute approximate surface area is 146 Å². The zero-order valence-electron chi connectivity index (χ0n) is 13.3. The average Bonchev–Trinajstić information content (AvgIpc) is 2.99. The third-order valence-corrected chi connectivity index (χ3v) is 4.60. The highest BCUT2D eigenvalue weighted by Gasteiger charge is 2.38. The monoisotopic (exact) mass is 343 g/mol. The van der Waals surface area contributed by atoms with Gasteiger partial charge in [0.25, 0.3) is 0 Å². The van der Waals surface area contributed by atoms with Crippen molar-refractivity contribution in [3.05, 3.63) is 65.2 Å². The molecule has 5 heteroatoms. The van der Waals surface area contributed by atoms with Gasteiger partial charge in [0, 0.05) is 13.0 Å². The van der Waals surface area contributed by atoms with Gasteiger partial charge in [-0.1, -0.05) is 54.1 Å². The minimum atomic E-state index is -0.472. The first-order valence-corrected chi connectivity index (χ1v) is 8.24. The van der Waals surface area contributed by atoms with Crippen LogP contribution in [-0.4, -0.2) is 23.3 Å². The van der Waals surface area contributed by atoms with Gasteiger partial charge < -0.3 is 9.64 Å². The van der Waals surface area contributed by atoms with Gasteiger partial charge in [0.15, 0.2) is 0 Å². The van der Waals surface area contributed by atoms with Crippen molar-refractivity contribution in [1.82, 2.24) is 4.90 Å². The molecule has 2 atom stereocenters. The van der Waals surface area contributed by atoms with E-state index in [1.807, 2.05) is 37.3 Å². The lowest BCUT2D eigenvalue weighted by molar-refractivity contribution is -0.139. The predicted octanol–water partition coefficient (Wildman–Crippen LogP) is 3.86. The highest BCUT2D eigenvalue weighted by atomic mass is 35.5. The number of nitrogens with zero attached hydrogens (tertiary/aromatic N) is 1. The Bertz CT molecular complexity index is 747. The molecule has 1 heterocycles. The van der Waals surface area contributed by atoms with Gasteiger partial charge in [0.1, 0.15) is 5.75 Å². The number of carbonyl (C=O) groups is 2. The molecule has 3 rings (SSSR count). The Hall–Kier alpha value is -2.33. The Morgan fingerprint density at radius 2 is 1.83 bits per heavy atom. The van der Waals surface area contributed by atoms with Crippen molar-refractivity contribution in [2.45, 2.75) is 19.4 Å². The quantitative estimate of drug-likeness (QED) is 0.625. The maximum absolute atomic E-state index is 12.4. The van der Waals surface area contributed by atoms with Crippen molar-refractivity contribution in [2.75, 3.05) is 6.54 Å². The highest BCUT2D eigenvalue weighted by molar-refractivity contribution is 6.32. The molecule has 0 aromatic heterocycles. The van der Waals surface area contributed by atoms with Crippen LogP contribution in [0.3, 0.4) is 0 Å². The molecule has 1 aliphatic rings. The van der Waals surface area contributed by atoms with E-state index >= 15 is 0 Å². The molecule has 1 saturated heterocycles. The number of amides is 1. The molecule has 0 bridgehead atoms. The summed E-state index contributed by atoms with van der Waals surface area (Å²) in [6.45, 7) is 2.33. The maximum Gasteiger partial charge on any atom is 0.316 e. The molecular weight excluding hydrogens is 326 g/mol. The van der Waals surface area contributed by atoms with Crippen LogP contribution in [0.5, 0.6) is 5.75 Å². The largest absolute Gasteiger partial charge is 0.425 e.